The molecular formula is C22H21FN4O. The van der Waals surface area contributed by atoms with Gasteiger partial charge in [0.25, 0.3) is 0 Å². The molecule has 6 heteroatoms. The summed E-state index contributed by atoms with van der Waals surface area (Å²) in [6.45, 7) is 3.37. The number of fused-ring (bicyclic) bond motifs is 3. The quantitative estimate of drug-likeness (QED) is 0.689. The van der Waals surface area contributed by atoms with Gasteiger partial charge in [0.2, 0.25) is 0 Å². The number of halogens is 1. The molecule has 1 unspecified atom stereocenters. The molecule has 2 bridgehead atoms. The third-order valence-electron chi connectivity index (χ3n) is 6.97. The first-order valence-electron chi connectivity index (χ1n) is 10.1. The number of hydrogen-bond donors (Lipinski definition) is 0. The number of carbonyl (C=O) groups is 1. The van der Waals surface area contributed by atoms with E-state index in [1.807, 2.05) is 0 Å². The van der Waals surface area contributed by atoms with Gasteiger partial charge in [-0.15, -0.1) is 0 Å². The Bertz CT molecular complexity index is 1080. The fourth-order valence-electron chi connectivity index (χ4n) is 5.56. The molecule has 5 heterocycles. The molecule has 0 spiro atoms. The lowest BCUT2D eigenvalue weighted by atomic mass is 9.67. The summed E-state index contributed by atoms with van der Waals surface area (Å²) >= 11 is 0. The number of nitrogens with zero attached hydrogens (tertiary/aromatic N) is 4. The Morgan fingerprint density at radius 2 is 1.86 bits per heavy atom. The van der Waals surface area contributed by atoms with E-state index in [1.165, 1.54) is 38.1 Å². The molecule has 3 fully saturated rings. The lowest BCUT2D eigenvalue weighted by Gasteiger charge is -2.47. The molecule has 0 saturated carbocycles. The van der Waals surface area contributed by atoms with E-state index >= 15 is 0 Å². The van der Waals surface area contributed by atoms with Crippen molar-refractivity contribution in [2.24, 2.45) is 17.8 Å². The van der Waals surface area contributed by atoms with Crippen LogP contribution in [0.5, 0.6) is 0 Å². The van der Waals surface area contributed by atoms with E-state index in [-0.39, 0.29) is 17.5 Å². The Kier molecular flexibility index (Phi) is 3.48. The van der Waals surface area contributed by atoms with Crippen LogP contribution in [0, 0.1) is 23.6 Å². The van der Waals surface area contributed by atoms with E-state index in [0.717, 1.165) is 28.8 Å². The summed E-state index contributed by atoms with van der Waals surface area (Å²) < 4.78 is 15.2. The first-order chi connectivity index (χ1) is 13.7. The van der Waals surface area contributed by atoms with Crippen molar-refractivity contribution in [2.45, 2.75) is 19.3 Å². The smallest absolute Gasteiger partial charge is 0.168 e. The molecule has 2 aromatic heterocycles. The van der Waals surface area contributed by atoms with Crippen LogP contribution in [-0.4, -0.2) is 45.1 Å². The highest BCUT2D eigenvalue weighted by atomic mass is 19.1. The number of Topliss-reactive ketones (excluding diaryl/α,β-unsaturated/α-hetero) is 1. The van der Waals surface area contributed by atoms with Gasteiger partial charge in [0.15, 0.2) is 5.78 Å². The normalized spacial score (nSPS) is 28.8. The average Bonchev–Trinajstić information content (AvgIpc) is 3.11. The predicted octanol–water partition coefficient (Wildman–Crippen LogP) is 3.26. The lowest BCUT2D eigenvalue weighted by Crippen LogP contribution is -2.51. The standard InChI is InChI=1S/C22H21FN4O/c23-14-1-3-15(4-2-14)27-20-11-24-10-17-21(20)19(25-27)9-16(22(17)28)18-12-26-7-5-13(18)6-8-26/h1-4,10-11,13,16,18H,5-9,12H2/t16-,18?/m1/s1. The molecule has 3 aromatic rings. The summed E-state index contributed by atoms with van der Waals surface area (Å²) in [7, 11) is 0. The number of aromatic nitrogens is 3. The molecule has 2 atom stereocenters. The van der Waals surface area contributed by atoms with Gasteiger partial charge in [0.1, 0.15) is 5.82 Å². The minimum absolute atomic E-state index is 0.00966. The topological polar surface area (TPSA) is 51.0 Å². The predicted molar refractivity (Wildman–Crippen MR) is 103 cm³/mol. The second-order valence-corrected chi connectivity index (χ2v) is 8.39. The van der Waals surface area contributed by atoms with Crippen LogP contribution in [0.25, 0.3) is 16.6 Å². The summed E-state index contributed by atoms with van der Waals surface area (Å²) in [4.78, 5) is 20.3. The van der Waals surface area contributed by atoms with E-state index in [0.29, 0.717) is 23.8 Å². The van der Waals surface area contributed by atoms with Crippen molar-refractivity contribution in [1.82, 2.24) is 19.7 Å². The number of hydrogen-bond acceptors (Lipinski definition) is 4. The van der Waals surface area contributed by atoms with Gasteiger partial charge >= 0.3 is 0 Å². The zero-order chi connectivity index (χ0) is 18.8. The largest absolute Gasteiger partial charge is 0.303 e. The first kappa shape index (κ1) is 16.4. The van der Waals surface area contributed by atoms with Crippen molar-refractivity contribution in [3.63, 3.8) is 0 Å². The molecule has 1 aliphatic carbocycles. The van der Waals surface area contributed by atoms with Gasteiger partial charge in [-0.25, -0.2) is 9.07 Å². The SMILES string of the molecule is O=C1c2cncc3c2c(nn3-c2ccc(F)cc2)C[C@@H]1C1CN2CCC1CC2. The van der Waals surface area contributed by atoms with Crippen LogP contribution in [0.2, 0.25) is 0 Å². The van der Waals surface area contributed by atoms with Crippen molar-refractivity contribution in [3.8, 4) is 5.69 Å². The zero-order valence-corrected chi connectivity index (χ0v) is 15.5. The Balaban J connectivity index is 1.45. The fraction of sp³-hybridized carbons (Fsp3) is 0.409. The number of rotatable bonds is 2. The van der Waals surface area contributed by atoms with E-state index in [9.17, 15) is 9.18 Å². The van der Waals surface area contributed by atoms with E-state index in [4.69, 9.17) is 5.10 Å². The number of pyridine rings is 1. The van der Waals surface area contributed by atoms with Crippen LogP contribution in [0.15, 0.2) is 36.7 Å². The highest BCUT2D eigenvalue weighted by molar-refractivity contribution is 6.11. The van der Waals surface area contributed by atoms with Crippen LogP contribution in [0.4, 0.5) is 4.39 Å². The van der Waals surface area contributed by atoms with Crippen molar-refractivity contribution < 1.29 is 9.18 Å². The maximum atomic E-state index is 13.4. The molecule has 5 nitrogen and oxygen atoms in total. The van der Waals surface area contributed by atoms with Crippen LogP contribution >= 0.6 is 0 Å². The van der Waals surface area contributed by atoms with Gasteiger partial charge in [-0.2, -0.15) is 5.10 Å². The van der Waals surface area contributed by atoms with Gasteiger partial charge in [-0.05, 0) is 62.0 Å². The van der Waals surface area contributed by atoms with Crippen molar-refractivity contribution in [3.05, 3.63) is 53.7 Å². The van der Waals surface area contributed by atoms with Crippen LogP contribution in [0.3, 0.4) is 0 Å². The minimum atomic E-state index is -0.277. The molecule has 28 heavy (non-hydrogen) atoms. The molecular weight excluding hydrogens is 355 g/mol. The Labute approximate surface area is 162 Å². The Morgan fingerprint density at radius 3 is 2.57 bits per heavy atom. The molecule has 0 amide bonds. The Morgan fingerprint density at radius 1 is 1.07 bits per heavy atom. The molecule has 4 aliphatic rings. The van der Waals surface area contributed by atoms with Crippen molar-refractivity contribution >= 4 is 16.7 Å². The molecule has 0 N–H and O–H groups in total. The maximum Gasteiger partial charge on any atom is 0.168 e. The third-order valence-corrected chi connectivity index (χ3v) is 6.97. The fourth-order valence-corrected chi connectivity index (χ4v) is 5.56. The molecule has 3 saturated heterocycles. The van der Waals surface area contributed by atoms with Gasteiger partial charge in [-0.1, -0.05) is 0 Å². The van der Waals surface area contributed by atoms with E-state index in [1.54, 1.807) is 29.2 Å². The molecule has 0 radical (unpaired) electrons. The Hall–Kier alpha value is -2.60. The third kappa shape index (κ3) is 2.30. The second kappa shape index (κ2) is 5.95. The van der Waals surface area contributed by atoms with Gasteiger partial charge < -0.3 is 4.90 Å². The summed E-state index contributed by atoms with van der Waals surface area (Å²) in [6.07, 6.45) is 6.55. The molecule has 1 aromatic carbocycles. The second-order valence-electron chi connectivity index (χ2n) is 8.39. The zero-order valence-electron chi connectivity index (χ0n) is 15.5. The maximum absolute atomic E-state index is 13.4. The number of piperidine rings is 3. The minimum Gasteiger partial charge on any atom is -0.303 e. The van der Waals surface area contributed by atoms with Crippen molar-refractivity contribution in [2.75, 3.05) is 19.6 Å². The lowest BCUT2D eigenvalue weighted by molar-refractivity contribution is 0.0192. The van der Waals surface area contributed by atoms with E-state index in [2.05, 4.69) is 9.88 Å². The monoisotopic (exact) mass is 376 g/mol. The average molecular weight is 376 g/mol. The van der Waals surface area contributed by atoms with E-state index < -0.39 is 0 Å². The summed E-state index contributed by atoms with van der Waals surface area (Å²) in [5.41, 5.74) is 3.27. The highest BCUT2D eigenvalue weighted by Crippen LogP contribution is 2.42. The summed E-state index contributed by atoms with van der Waals surface area (Å²) in [5.74, 6) is 0.995. The van der Waals surface area contributed by atoms with Gasteiger partial charge in [-0.3, -0.25) is 9.78 Å². The molecule has 3 aliphatic heterocycles. The van der Waals surface area contributed by atoms with Crippen LogP contribution < -0.4 is 0 Å². The molecule has 142 valence electrons. The molecule has 7 rings (SSSR count). The number of ketones is 1. The summed E-state index contributed by atoms with van der Waals surface area (Å²) in [6, 6.07) is 6.28. The van der Waals surface area contributed by atoms with Crippen molar-refractivity contribution in [1.29, 1.82) is 0 Å². The highest BCUT2D eigenvalue weighted by Gasteiger charge is 2.44. The summed E-state index contributed by atoms with van der Waals surface area (Å²) in [5, 5.41) is 5.77. The van der Waals surface area contributed by atoms with Crippen LogP contribution in [0.1, 0.15) is 28.9 Å². The van der Waals surface area contributed by atoms with Gasteiger partial charge in [0, 0.05) is 36.0 Å². The van der Waals surface area contributed by atoms with Crippen LogP contribution in [-0.2, 0) is 6.42 Å². The number of benzene rings is 1. The van der Waals surface area contributed by atoms with Gasteiger partial charge in [0.05, 0.1) is 23.1 Å². The first-order valence-corrected chi connectivity index (χ1v) is 10.1. The number of carbonyl (C=O) groups excluding carboxylic acids is 1.